The monoisotopic (exact) mass is 278 g/mol. The maximum atomic E-state index is 9.75. The van der Waals surface area contributed by atoms with Gasteiger partial charge in [0.2, 0.25) is 0 Å². The molecule has 4 heteroatoms. The Bertz CT molecular complexity index is 438. The molecule has 1 saturated heterocycles. The van der Waals surface area contributed by atoms with Crippen molar-refractivity contribution in [2.45, 2.75) is 39.4 Å². The van der Waals surface area contributed by atoms with Crippen LogP contribution in [-0.2, 0) is 6.54 Å². The van der Waals surface area contributed by atoms with Gasteiger partial charge in [0.1, 0.15) is 0 Å². The van der Waals surface area contributed by atoms with Crippen LogP contribution >= 0.6 is 0 Å². The van der Waals surface area contributed by atoms with E-state index in [4.69, 9.17) is 4.74 Å². The summed E-state index contributed by atoms with van der Waals surface area (Å²) in [5.41, 5.74) is 1.19. The van der Waals surface area contributed by atoms with Crippen molar-refractivity contribution in [3.8, 4) is 11.5 Å². The lowest BCUT2D eigenvalue weighted by atomic mass is 10.1. The SMILES string of the molecule is CCOc1cc(CN2CC(C)N(C)C(C)C2)ccc1O. The van der Waals surface area contributed by atoms with Gasteiger partial charge in [-0.15, -0.1) is 0 Å². The molecule has 0 amide bonds. The van der Waals surface area contributed by atoms with Crippen molar-refractivity contribution in [3.05, 3.63) is 23.8 Å². The lowest BCUT2D eigenvalue weighted by molar-refractivity contribution is 0.0556. The number of aromatic hydroxyl groups is 1. The second-order valence-corrected chi connectivity index (χ2v) is 5.79. The van der Waals surface area contributed by atoms with Gasteiger partial charge in [0, 0.05) is 31.7 Å². The van der Waals surface area contributed by atoms with Gasteiger partial charge in [-0.25, -0.2) is 0 Å². The number of nitrogens with zero attached hydrogens (tertiary/aromatic N) is 2. The first-order valence-electron chi connectivity index (χ1n) is 7.40. The average Bonchev–Trinajstić information content (AvgIpc) is 2.40. The molecule has 1 N–H and O–H groups in total. The molecule has 0 aliphatic carbocycles. The zero-order valence-corrected chi connectivity index (χ0v) is 13.0. The molecule has 1 aromatic carbocycles. The van der Waals surface area contributed by atoms with Crippen molar-refractivity contribution in [3.63, 3.8) is 0 Å². The number of ether oxygens (including phenoxy) is 1. The van der Waals surface area contributed by atoms with Gasteiger partial charge in [0.25, 0.3) is 0 Å². The van der Waals surface area contributed by atoms with E-state index in [0.29, 0.717) is 24.4 Å². The molecule has 0 spiro atoms. The van der Waals surface area contributed by atoms with Crippen molar-refractivity contribution >= 4 is 0 Å². The van der Waals surface area contributed by atoms with E-state index >= 15 is 0 Å². The summed E-state index contributed by atoms with van der Waals surface area (Å²) < 4.78 is 5.45. The van der Waals surface area contributed by atoms with Crippen LogP contribution < -0.4 is 4.74 Å². The topological polar surface area (TPSA) is 35.9 Å². The van der Waals surface area contributed by atoms with E-state index in [1.807, 2.05) is 19.1 Å². The number of benzene rings is 1. The third-order valence-corrected chi connectivity index (χ3v) is 4.17. The molecule has 1 aromatic rings. The smallest absolute Gasteiger partial charge is 0.161 e. The number of phenols is 1. The van der Waals surface area contributed by atoms with Gasteiger partial charge >= 0.3 is 0 Å². The van der Waals surface area contributed by atoms with Crippen LogP contribution in [0, 0.1) is 0 Å². The molecule has 2 unspecified atom stereocenters. The van der Waals surface area contributed by atoms with Crippen LogP contribution in [0.3, 0.4) is 0 Å². The Balaban J connectivity index is 2.04. The Morgan fingerprint density at radius 3 is 2.50 bits per heavy atom. The van der Waals surface area contributed by atoms with E-state index in [1.54, 1.807) is 6.07 Å². The van der Waals surface area contributed by atoms with Crippen LogP contribution in [0.5, 0.6) is 11.5 Å². The molecule has 4 nitrogen and oxygen atoms in total. The minimum Gasteiger partial charge on any atom is -0.504 e. The molecule has 2 rings (SSSR count). The van der Waals surface area contributed by atoms with Crippen molar-refractivity contribution in [1.82, 2.24) is 9.80 Å². The molecule has 0 radical (unpaired) electrons. The van der Waals surface area contributed by atoms with E-state index < -0.39 is 0 Å². The Kier molecular flexibility index (Phi) is 4.89. The highest BCUT2D eigenvalue weighted by Gasteiger charge is 2.26. The van der Waals surface area contributed by atoms with Crippen LogP contribution in [-0.4, -0.2) is 53.7 Å². The van der Waals surface area contributed by atoms with Crippen molar-refractivity contribution < 1.29 is 9.84 Å². The standard InChI is InChI=1S/C16H26N2O2/c1-5-20-16-8-14(6-7-15(16)19)11-18-9-12(2)17(4)13(3)10-18/h6-8,12-13,19H,5,9-11H2,1-4H3. The lowest BCUT2D eigenvalue weighted by Gasteiger charge is -2.42. The van der Waals surface area contributed by atoms with Crippen LogP contribution in [0.15, 0.2) is 18.2 Å². The van der Waals surface area contributed by atoms with Gasteiger partial charge in [-0.2, -0.15) is 0 Å². The van der Waals surface area contributed by atoms with Gasteiger partial charge in [-0.1, -0.05) is 6.07 Å². The highest BCUT2D eigenvalue weighted by Crippen LogP contribution is 2.27. The van der Waals surface area contributed by atoms with Gasteiger partial charge in [-0.05, 0) is 45.5 Å². The second-order valence-electron chi connectivity index (χ2n) is 5.79. The van der Waals surface area contributed by atoms with Crippen molar-refractivity contribution in [1.29, 1.82) is 0 Å². The van der Waals surface area contributed by atoms with E-state index in [1.165, 1.54) is 5.56 Å². The zero-order chi connectivity index (χ0) is 14.7. The molecule has 1 fully saturated rings. The maximum absolute atomic E-state index is 9.75. The molecule has 0 aromatic heterocycles. The number of phenolic OH excluding ortho intramolecular Hbond substituents is 1. The van der Waals surface area contributed by atoms with Gasteiger partial charge in [0.05, 0.1) is 6.61 Å². The number of rotatable bonds is 4. The highest BCUT2D eigenvalue weighted by molar-refractivity contribution is 5.41. The molecule has 1 aliphatic rings. The quantitative estimate of drug-likeness (QED) is 0.917. The summed E-state index contributed by atoms with van der Waals surface area (Å²) in [5, 5.41) is 9.75. The fraction of sp³-hybridized carbons (Fsp3) is 0.625. The van der Waals surface area contributed by atoms with E-state index in [2.05, 4.69) is 30.7 Å². The Labute approximate surface area is 122 Å². The zero-order valence-electron chi connectivity index (χ0n) is 13.0. The predicted octanol–water partition coefficient (Wildman–Crippen LogP) is 2.32. The van der Waals surface area contributed by atoms with Crippen LogP contribution in [0.4, 0.5) is 0 Å². The summed E-state index contributed by atoms with van der Waals surface area (Å²) in [6, 6.07) is 6.80. The Morgan fingerprint density at radius 2 is 1.90 bits per heavy atom. The van der Waals surface area contributed by atoms with Crippen LogP contribution in [0.2, 0.25) is 0 Å². The summed E-state index contributed by atoms with van der Waals surface area (Å²) in [6.45, 7) is 10.1. The van der Waals surface area contributed by atoms with Gasteiger partial charge in [0.15, 0.2) is 11.5 Å². The van der Waals surface area contributed by atoms with Gasteiger partial charge in [-0.3, -0.25) is 9.80 Å². The average molecular weight is 278 g/mol. The lowest BCUT2D eigenvalue weighted by Crippen LogP contribution is -2.54. The van der Waals surface area contributed by atoms with Crippen molar-refractivity contribution in [2.75, 3.05) is 26.7 Å². The van der Waals surface area contributed by atoms with E-state index in [-0.39, 0.29) is 5.75 Å². The third-order valence-electron chi connectivity index (χ3n) is 4.17. The number of piperazine rings is 1. The Morgan fingerprint density at radius 1 is 1.25 bits per heavy atom. The molecular weight excluding hydrogens is 252 g/mol. The first kappa shape index (κ1) is 15.1. The number of hydrogen-bond acceptors (Lipinski definition) is 4. The normalized spacial score (nSPS) is 24.8. The molecule has 112 valence electrons. The van der Waals surface area contributed by atoms with Gasteiger partial charge < -0.3 is 9.84 Å². The van der Waals surface area contributed by atoms with E-state index in [9.17, 15) is 5.11 Å². The summed E-state index contributed by atoms with van der Waals surface area (Å²) in [6.07, 6.45) is 0. The number of likely N-dealkylation sites (N-methyl/N-ethyl adjacent to an activating group) is 1. The number of hydrogen-bond donors (Lipinski definition) is 1. The molecule has 0 bridgehead atoms. The molecular formula is C16H26N2O2. The minimum absolute atomic E-state index is 0.218. The van der Waals surface area contributed by atoms with Crippen molar-refractivity contribution in [2.24, 2.45) is 0 Å². The first-order valence-corrected chi connectivity index (χ1v) is 7.40. The molecule has 1 aliphatic heterocycles. The third kappa shape index (κ3) is 3.44. The largest absolute Gasteiger partial charge is 0.504 e. The fourth-order valence-electron chi connectivity index (χ4n) is 2.83. The minimum atomic E-state index is 0.218. The highest BCUT2D eigenvalue weighted by atomic mass is 16.5. The maximum Gasteiger partial charge on any atom is 0.161 e. The predicted molar refractivity (Wildman–Crippen MR) is 81.2 cm³/mol. The molecule has 0 saturated carbocycles. The summed E-state index contributed by atoms with van der Waals surface area (Å²) >= 11 is 0. The second kappa shape index (κ2) is 6.46. The molecule has 2 atom stereocenters. The Hall–Kier alpha value is -1.26. The first-order chi connectivity index (χ1) is 9.51. The summed E-state index contributed by atoms with van der Waals surface area (Å²) in [4.78, 5) is 4.90. The van der Waals surface area contributed by atoms with Crippen LogP contribution in [0.1, 0.15) is 26.3 Å². The van der Waals surface area contributed by atoms with E-state index in [0.717, 1.165) is 19.6 Å². The fourth-order valence-corrected chi connectivity index (χ4v) is 2.83. The summed E-state index contributed by atoms with van der Waals surface area (Å²) in [7, 11) is 2.19. The van der Waals surface area contributed by atoms with Crippen LogP contribution in [0.25, 0.3) is 0 Å². The summed E-state index contributed by atoms with van der Waals surface area (Å²) in [5.74, 6) is 0.802. The molecule has 20 heavy (non-hydrogen) atoms. The molecule has 1 heterocycles.